The number of hydrogen-bond donors (Lipinski definition) is 1. The summed E-state index contributed by atoms with van der Waals surface area (Å²) in [6, 6.07) is 8.81. The first-order chi connectivity index (χ1) is 9.69. The van der Waals surface area contributed by atoms with Crippen molar-refractivity contribution in [2.24, 2.45) is 0 Å². The summed E-state index contributed by atoms with van der Waals surface area (Å²) in [4.78, 5) is 2.44. The minimum Gasteiger partial charge on any atom is -0.393 e. The highest BCUT2D eigenvalue weighted by Crippen LogP contribution is 2.23. The lowest BCUT2D eigenvalue weighted by Gasteiger charge is -2.27. The molecule has 1 aliphatic rings. The van der Waals surface area contributed by atoms with E-state index >= 15 is 0 Å². The summed E-state index contributed by atoms with van der Waals surface area (Å²) in [5.74, 6) is 0.412. The van der Waals surface area contributed by atoms with Crippen LogP contribution in [-0.4, -0.2) is 42.4 Å². The van der Waals surface area contributed by atoms with Gasteiger partial charge in [0.1, 0.15) is 0 Å². The van der Waals surface area contributed by atoms with Crippen molar-refractivity contribution in [3.05, 3.63) is 35.4 Å². The quantitative estimate of drug-likeness (QED) is 0.868. The van der Waals surface area contributed by atoms with Gasteiger partial charge in [0.15, 0.2) is 0 Å². The lowest BCUT2D eigenvalue weighted by Crippen LogP contribution is -2.35. The van der Waals surface area contributed by atoms with Gasteiger partial charge >= 0.3 is 0 Å². The second-order valence-electron chi connectivity index (χ2n) is 5.83. The van der Waals surface area contributed by atoms with Crippen LogP contribution in [0.2, 0.25) is 0 Å². The summed E-state index contributed by atoms with van der Waals surface area (Å²) >= 11 is 0. The topological polar surface area (TPSA) is 32.7 Å². The fourth-order valence-corrected chi connectivity index (χ4v) is 2.73. The van der Waals surface area contributed by atoms with Crippen LogP contribution < -0.4 is 0 Å². The second-order valence-corrected chi connectivity index (χ2v) is 5.83. The minimum atomic E-state index is -0.187. The monoisotopic (exact) mass is 277 g/mol. The number of rotatable bonds is 6. The summed E-state index contributed by atoms with van der Waals surface area (Å²) < 4.78 is 5.39. The highest BCUT2D eigenvalue weighted by Gasteiger charge is 2.13. The molecule has 1 saturated heterocycles. The zero-order valence-corrected chi connectivity index (χ0v) is 12.7. The number of ether oxygens (including phenoxy) is 1. The molecule has 2 unspecified atom stereocenters. The first kappa shape index (κ1) is 15.5. The Kier molecular flexibility index (Phi) is 6.02. The average molecular weight is 277 g/mol. The molecule has 1 aromatic rings. The van der Waals surface area contributed by atoms with Crippen molar-refractivity contribution >= 4 is 0 Å². The fourth-order valence-electron chi connectivity index (χ4n) is 2.73. The van der Waals surface area contributed by atoms with Crippen LogP contribution in [0.5, 0.6) is 0 Å². The fraction of sp³-hybridized carbons (Fsp3) is 0.647. The van der Waals surface area contributed by atoms with Gasteiger partial charge in [0.25, 0.3) is 0 Å². The molecule has 0 radical (unpaired) electrons. The molecule has 112 valence electrons. The molecule has 20 heavy (non-hydrogen) atoms. The first-order valence-corrected chi connectivity index (χ1v) is 7.76. The second kappa shape index (κ2) is 7.77. The average Bonchev–Trinajstić information content (AvgIpc) is 2.48. The Labute approximate surface area is 122 Å². The molecule has 2 atom stereocenters. The van der Waals surface area contributed by atoms with Gasteiger partial charge in [-0.2, -0.15) is 0 Å². The maximum Gasteiger partial charge on any atom is 0.0594 e. The standard InChI is InChI=1S/C17H27NO2/c1-3-17(19)11-14(2)16-6-4-5-15(12-16)13-18-7-9-20-10-8-18/h4-6,12,14,17,19H,3,7-11,13H2,1-2H3. The summed E-state index contributed by atoms with van der Waals surface area (Å²) in [6.45, 7) is 8.97. The normalized spacial score (nSPS) is 19.8. The maximum atomic E-state index is 9.80. The molecule has 0 aromatic heterocycles. The van der Waals surface area contributed by atoms with Crippen LogP contribution in [0.4, 0.5) is 0 Å². The van der Waals surface area contributed by atoms with Gasteiger partial charge in [-0.15, -0.1) is 0 Å². The van der Waals surface area contributed by atoms with Crippen LogP contribution in [0.3, 0.4) is 0 Å². The zero-order valence-electron chi connectivity index (χ0n) is 12.7. The van der Waals surface area contributed by atoms with Crippen molar-refractivity contribution in [3.8, 4) is 0 Å². The number of nitrogens with zero attached hydrogens (tertiary/aromatic N) is 1. The van der Waals surface area contributed by atoms with E-state index in [1.54, 1.807) is 0 Å². The van der Waals surface area contributed by atoms with Gasteiger partial charge in [0.05, 0.1) is 19.3 Å². The van der Waals surface area contributed by atoms with Gasteiger partial charge in [0, 0.05) is 19.6 Å². The van der Waals surface area contributed by atoms with Gasteiger partial charge in [-0.25, -0.2) is 0 Å². The summed E-state index contributed by atoms with van der Waals surface area (Å²) in [7, 11) is 0. The van der Waals surface area contributed by atoms with E-state index in [2.05, 4.69) is 36.1 Å². The van der Waals surface area contributed by atoms with Gasteiger partial charge in [-0.05, 0) is 29.9 Å². The molecule has 3 nitrogen and oxygen atoms in total. The molecule has 1 aromatic carbocycles. The molecule has 0 saturated carbocycles. The zero-order chi connectivity index (χ0) is 14.4. The number of benzene rings is 1. The number of morpholine rings is 1. The van der Waals surface area contributed by atoms with Crippen LogP contribution in [-0.2, 0) is 11.3 Å². The maximum absolute atomic E-state index is 9.80. The lowest BCUT2D eigenvalue weighted by molar-refractivity contribution is 0.0342. The molecule has 1 heterocycles. The van der Waals surface area contributed by atoms with E-state index in [-0.39, 0.29) is 6.10 Å². The van der Waals surface area contributed by atoms with Gasteiger partial charge in [-0.1, -0.05) is 38.1 Å². The van der Waals surface area contributed by atoms with Crippen molar-refractivity contribution < 1.29 is 9.84 Å². The summed E-state index contributed by atoms with van der Waals surface area (Å²) in [5, 5.41) is 9.80. The Hall–Kier alpha value is -0.900. The summed E-state index contributed by atoms with van der Waals surface area (Å²) in [5.41, 5.74) is 2.70. The lowest BCUT2D eigenvalue weighted by atomic mass is 9.93. The van der Waals surface area contributed by atoms with Gasteiger partial charge in [-0.3, -0.25) is 4.90 Å². The molecule has 0 bridgehead atoms. The molecule has 2 rings (SSSR count). The number of aliphatic hydroxyl groups is 1. The molecule has 0 aliphatic carbocycles. The van der Waals surface area contributed by atoms with Crippen molar-refractivity contribution in [2.75, 3.05) is 26.3 Å². The van der Waals surface area contributed by atoms with E-state index in [0.717, 1.165) is 45.7 Å². The SMILES string of the molecule is CCC(O)CC(C)c1cccc(CN2CCOCC2)c1. The third-order valence-corrected chi connectivity index (χ3v) is 4.13. The Morgan fingerprint density at radius 3 is 2.75 bits per heavy atom. The largest absolute Gasteiger partial charge is 0.393 e. The van der Waals surface area contributed by atoms with E-state index in [1.165, 1.54) is 11.1 Å². The van der Waals surface area contributed by atoms with E-state index in [9.17, 15) is 5.11 Å². The number of hydrogen-bond acceptors (Lipinski definition) is 3. The predicted molar refractivity (Wildman–Crippen MR) is 81.9 cm³/mol. The Balaban J connectivity index is 1.96. The minimum absolute atomic E-state index is 0.187. The molecule has 0 amide bonds. The predicted octanol–water partition coefficient (Wildman–Crippen LogP) is 2.78. The van der Waals surface area contributed by atoms with E-state index in [1.807, 2.05) is 6.92 Å². The first-order valence-electron chi connectivity index (χ1n) is 7.76. The molecule has 1 N–H and O–H groups in total. The molecule has 3 heteroatoms. The Bertz CT molecular complexity index is 402. The molecule has 1 aliphatic heterocycles. The van der Waals surface area contributed by atoms with Crippen LogP contribution in [0.1, 0.15) is 43.7 Å². The molecular weight excluding hydrogens is 250 g/mol. The van der Waals surface area contributed by atoms with Crippen LogP contribution in [0.15, 0.2) is 24.3 Å². The van der Waals surface area contributed by atoms with E-state index in [4.69, 9.17) is 4.74 Å². The van der Waals surface area contributed by atoms with Crippen LogP contribution in [0, 0.1) is 0 Å². The van der Waals surface area contributed by atoms with Crippen LogP contribution >= 0.6 is 0 Å². The van der Waals surface area contributed by atoms with Crippen molar-refractivity contribution in [1.82, 2.24) is 4.90 Å². The molecule has 0 spiro atoms. The van der Waals surface area contributed by atoms with E-state index in [0.29, 0.717) is 5.92 Å². The van der Waals surface area contributed by atoms with E-state index < -0.39 is 0 Å². The Morgan fingerprint density at radius 2 is 2.05 bits per heavy atom. The highest BCUT2D eigenvalue weighted by molar-refractivity contribution is 5.26. The third-order valence-electron chi connectivity index (χ3n) is 4.13. The molecule has 1 fully saturated rings. The van der Waals surface area contributed by atoms with Crippen molar-refractivity contribution in [3.63, 3.8) is 0 Å². The van der Waals surface area contributed by atoms with Gasteiger partial charge < -0.3 is 9.84 Å². The molecular formula is C17H27NO2. The van der Waals surface area contributed by atoms with Gasteiger partial charge in [0.2, 0.25) is 0 Å². The highest BCUT2D eigenvalue weighted by atomic mass is 16.5. The Morgan fingerprint density at radius 1 is 1.30 bits per heavy atom. The smallest absolute Gasteiger partial charge is 0.0594 e. The number of aliphatic hydroxyl groups excluding tert-OH is 1. The van der Waals surface area contributed by atoms with Crippen LogP contribution in [0.25, 0.3) is 0 Å². The van der Waals surface area contributed by atoms with Crippen molar-refractivity contribution in [2.45, 2.75) is 45.3 Å². The summed E-state index contributed by atoms with van der Waals surface area (Å²) in [6.07, 6.45) is 1.49. The van der Waals surface area contributed by atoms with Crippen molar-refractivity contribution in [1.29, 1.82) is 0 Å². The third kappa shape index (κ3) is 4.58.